The first-order chi connectivity index (χ1) is 18.0. The Balaban J connectivity index is 1.19. The predicted octanol–water partition coefficient (Wildman–Crippen LogP) is 4.68. The number of rotatable bonds is 7. The number of hydrogen-bond donors (Lipinski definition) is 1. The topological polar surface area (TPSA) is 112 Å². The van der Waals surface area contributed by atoms with Crippen LogP contribution in [0.5, 0.6) is 5.75 Å². The van der Waals surface area contributed by atoms with Crippen LogP contribution in [0, 0.1) is 0 Å². The third-order valence-electron chi connectivity index (χ3n) is 5.65. The fourth-order valence-corrected chi connectivity index (χ4v) is 4.15. The van der Waals surface area contributed by atoms with Crippen molar-refractivity contribution in [1.29, 1.82) is 0 Å². The second kappa shape index (κ2) is 9.40. The highest BCUT2D eigenvalue weighted by Gasteiger charge is 2.19. The number of carbonyl (C=O) groups is 1. The molecule has 4 aromatic heterocycles. The number of anilines is 1. The monoisotopic (exact) mass is 513 g/mol. The minimum absolute atomic E-state index is 0.137. The maximum atomic E-state index is 12.9. The summed E-state index contributed by atoms with van der Waals surface area (Å²) in [6, 6.07) is 18.4. The number of furan rings is 1. The molecular weight excluding hydrogens is 494 g/mol. The maximum absolute atomic E-state index is 12.9. The molecule has 11 heteroatoms. The fourth-order valence-electron chi connectivity index (χ4n) is 3.94. The average molecular weight is 514 g/mol. The van der Waals surface area contributed by atoms with Crippen molar-refractivity contribution in [2.75, 3.05) is 5.32 Å². The molecule has 6 rings (SSSR count). The van der Waals surface area contributed by atoms with Crippen molar-refractivity contribution in [3.05, 3.63) is 89.3 Å². The van der Waals surface area contributed by atoms with Crippen molar-refractivity contribution in [3.8, 4) is 17.3 Å². The van der Waals surface area contributed by atoms with Gasteiger partial charge in [-0.2, -0.15) is 14.6 Å². The first-order valence-electron chi connectivity index (χ1n) is 11.4. The van der Waals surface area contributed by atoms with Gasteiger partial charge in [-0.15, -0.1) is 5.10 Å². The van der Waals surface area contributed by atoms with Gasteiger partial charge in [0, 0.05) is 18.3 Å². The van der Waals surface area contributed by atoms with E-state index < -0.39 is 0 Å². The number of carbonyl (C=O) groups excluding carboxylic acids is 1. The molecule has 0 atom stereocenters. The number of nitrogens with one attached hydrogen (secondary N) is 1. The van der Waals surface area contributed by atoms with Crippen LogP contribution in [0.4, 0.5) is 5.95 Å². The lowest BCUT2D eigenvalue weighted by molar-refractivity contribution is -0.115. The molecule has 2 aromatic carbocycles. The molecule has 0 fully saturated rings. The molecule has 4 heterocycles. The van der Waals surface area contributed by atoms with Crippen LogP contribution >= 0.6 is 11.6 Å². The number of ether oxygens (including phenoxy) is 1. The van der Waals surface area contributed by atoms with Gasteiger partial charge in [0.05, 0.1) is 18.1 Å². The van der Waals surface area contributed by atoms with E-state index in [1.54, 1.807) is 36.3 Å². The number of nitrogens with zero attached hydrogens (tertiary/aromatic N) is 6. The van der Waals surface area contributed by atoms with Gasteiger partial charge in [0.15, 0.2) is 17.1 Å². The number of benzene rings is 2. The van der Waals surface area contributed by atoms with E-state index in [-0.39, 0.29) is 18.3 Å². The standard InChI is InChI=1S/C26H20ClN7O3/c1-33-14-20-23(31-33)30-26(34-25(20)29-24(32-34)21-6-3-11-36-21)28-22(35)13-16-7-9-19(10-8-16)37-15-17-4-2-5-18(27)12-17/h2-12,14H,13,15H2,1H3,(H,28,30,31,35). The number of aromatic nitrogens is 6. The van der Waals surface area contributed by atoms with Gasteiger partial charge in [0.2, 0.25) is 17.7 Å². The normalized spacial score (nSPS) is 11.3. The summed E-state index contributed by atoms with van der Waals surface area (Å²) in [5, 5.41) is 13.1. The van der Waals surface area contributed by atoms with E-state index in [9.17, 15) is 4.79 Å². The lowest BCUT2D eigenvalue weighted by atomic mass is 10.1. The molecule has 184 valence electrons. The molecule has 0 aliphatic heterocycles. The summed E-state index contributed by atoms with van der Waals surface area (Å²) in [5.74, 6) is 1.55. The van der Waals surface area contributed by atoms with Crippen molar-refractivity contribution in [2.45, 2.75) is 13.0 Å². The highest BCUT2D eigenvalue weighted by molar-refractivity contribution is 6.30. The van der Waals surface area contributed by atoms with Gasteiger partial charge >= 0.3 is 0 Å². The highest BCUT2D eigenvalue weighted by Crippen LogP contribution is 2.24. The molecule has 0 bridgehead atoms. The Hall–Kier alpha value is -4.70. The van der Waals surface area contributed by atoms with Gasteiger partial charge in [0.25, 0.3) is 0 Å². The van der Waals surface area contributed by atoms with Gasteiger partial charge in [0.1, 0.15) is 12.4 Å². The first-order valence-corrected chi connectivity index (χ1v) is 11.8. The second-order valence-electron chi connectivity index (χ2n) is 8.41. The molecule has 1 N–H and O–H groups in total. The number of hydrogen-bond acceptors (Lipinski definition) is 7. The van der Waals surface area contributed by atoms with Gasteiger partial charge in [-0.05, 0) is 47.5 Å². The summed E-state index contributed by atoms with van der Waals surface area (Å²) in [6.45, 7) is 0.399. The van der Waals surface area contributed by atoms with E-state index in [1.807, 2.05) is 48.5 Å². The molecule has 0 saturated heterocycles. The first kappa shape index (κ1) is 22.7. The van der Waals surface area contributed by atoms with E-state index in [4.69, 9.17) is 20.8 Å². The minimum Gasteiger partial charge on any atom is -0.489 e. The Bertz CT molecular complexity index is 1720. The van der Waals surface area contributed by atoms with Gasteiger partial charge < -0.3 is 9.15 Å². The maximum Gasteiger partial charge on any atom is 0.234 e. The number of amides is 1. The summed E-state index contributed by atoms with van der Waals surface area (Å²) >= 11 is 6.02. The smallest absolute Gasteiger partial charge is 0.234 e. The number of halogens is 1. The predicted molar refractivity (Wildman–Crippen MR) is 137 cm³/mol. The van der Waals surface area contributed by atoms with Crippen LogP contribution in [0.1, 0.15) is 11.1 Å². The Morgan fingerprint density at radius 2 is 1.92 bits per heavy atom. The summed E-state index contributed by atoms with van der Waals surface area (Å²) < 4.78 is 14.4. The van der Waals surface area contributed by atoms with Gasteiger partial charge in [-0.3, -0.25) is 14.8 Å². The molecule has 0 spiro atoms. The summed E-state index contributed by atoms with van der Waals surface area (Å²) in [4.78, 5) is 22.0. The molecule has 10 nitrogen and oxygen atoms in total. The SMILES string of the molecule is Cn1cc2c(nc(NC(=O)Cc3ccc(OCc4cccc(Cl)c4)cc3)n3nc(-c4ccco4)nc23)n1. The van der Waals surface area contributed by atoms with Crippen LogP contribution in [-0.4, -0.2) is 35.3 Å². The summed E-state index contributed by atoms with van der Waals surface area (Å²) in [7, 11) is 1.79. The van der Waals surface area contributed by atoms with Crippen LogP contribution in [-0.2, 0) is 24.9 Å². The van der Waals surface area contributed by atoms with Crippen molar-refractivity contribution >= 4 is 40.1 Å². The van der Waals surface area contributed by atoms with Crippen LogP contribution < -0.4 is 10.1 Å². The fraction of sp³-hybridized carbons (Fsp3) is 0.115. The highest BCUT2D eigenvalue weighted by atomic mass is 35.5. The minimum atomic E-state index is -0.258. The summed E-state index contributed by atoms with van der Waals surface area (Å²) in [6.07, 6.45) is 3.49. The number of fused-ring (bicyclic) bond motifs is 3. The molecular formula is C26H20ClN7O3. The zero-order chi connectivity index (χ0) is 25.4. The Labute approximate surface area is 215 Å². The van der Waals surface area contributed by atoms with E-state index in [0.717, 1.165) is 11.1 Å². The molecule has 0 saturated carbocycles. The average Bonchev–Trinajstić information content (AvgIpc) is 3.63. The third-order valence-corrected chi connectivity index (χ3v) is 5.88. The molecule has 0 radical (unpaired) electrons. The molecule has 0 aliphatic carbocycles. The van der Waals surface area contributed by atoms with Crippen molar-refractivity contribution in [3.63, 3.8) is 0 Å². The molecule has 0 unspecified atom stereocenters. The van der Waals surface area contributed by atoms with E-state index in [0.29, 0.717) is 45.6 Å². The van der Waals surface area contributed by atoms with Crippen LogP contribution in [0.15, 0.2) is 77.5 Å². The van der Waals surface area contributed by atoms with Crippen LogP contribution in [0.3, 0.4) is 0 Å². The Kier molecular flexibility index (Phi) is 5.78. The molecule has 6 aromatic rings. The lowest BCUT2D eigenvalue weighted by Gasteiger charge is -2.09. The van der Waals surface area contributed by atoms with Crippen molar-refractivity contribution < 1.29 is 13.9 Å². The number of aryl methyl sites for hydroxylation is 1. The van der Waals surface area contributed by atoms with Crippen LogP contribution in [0.2, 0.25) is 5.02 Å². The van der Waals surface area contributed by atoms with Gasteiger partial charge in [-0.1, -0.05) is 35.9 Å². The van der Waals surface area contributed by atoms with Crippen LogP contribution in [0.25, 0.3) is 28.3 Å². The van der Waals surface area contributed by atoms with Gasteiger partial charge in [-0.25, -0.2) is 4.98 Å². The van der Waals surface area contributed by atoms with Crippen molar-refractivity contribution in [2.24, 2.45) is 7.05 Å². The van der Waals surface area contributed by atoms with Crippen molar-refractivity contribution in [1.82, 2.24) is 29.4 Å². The molecule has 1 amide bonds. The lowest BCUT2D eigenvalue weighted by Crippen LogP contribution is -2.18. The Morgan fingerprint density at radius 1 is 1.05 bits per heavy atom. The van der Waals surface area contributed by atoms with E-state index in [2.05, 4.69) is 25.5 Å². The van der Waals surface area contributed by atoms with E-state index in [1.165, 1.54) is 4.52 Å². The third kappa shape index (κ3) is 4.74. The Morgan fingerprint density at radius 3 is 2.70 bits per heavy atom. The zero-order valence-electron chi connectivity index (χ0n) is 19.6. The van der Waals surface area contributed by atoms with E-state index >= 15 is 0 Å². The summed E-state index contributed by atoms with van der Waals surface area (Å²) in [5.41, 5.74) is 2.76. The zero-order valence-corrected chi connectivity index (χ0v) is 20.4. The quantitative estimate of drug-likeness (QED) is 0.329. The molecule has 0 aliphatic rings. The molecule has 37 heavy (non-hydrogen) atoms. The second-order valence-corrected chi connectivity index (χ2v) is 8.85. The largest absolute Gasteiger partial charge is 0.489 e.